The molecule has 2 heterocycles. The highest BCUT2D eigenvalue weighted by molar-refractivity contribution is 5.69. The summed E-state index contributed by atoms with van der Waals surface area (Å²) in [4.78, 5) is 11.5. The van der Waals surface area contributed by atoms with E-state index in [0.29, 0.717) is 5.82 Å². The monoisotopic (exact) mass is 120 g/mol. The molecule has 0 fully saturated rings. The van der Waals surface area contributed by atoms with Gasteiger partial charge >= 0.3 is 0 Å². The van der Waals surface area contributed by atoms with Gasteiger partial charge in [0.25, 0.3) is 0 Å². The molecule has 0 radical (unpaired) electrons. The Bertz CT molecular complexity index is 240. The summed E-state index contributed by atoms with van der Waals surface area (Å²) in [5, 5.41) is 2.89. The summed E-state index contributed by atoms with van der Waals surface area (Å²) < 4.78 is 0. The third-order valence-corrected chi connectivity index (χ3v) is 1.02. The van der Waals surface area contributed by atoms with Crippen LogP contribution in [0.3, 0.4) is 0 Å². The van der Waals surface area contributed by atoms with Crippen LogP contribution >= 0.6 is 0 Å². The molecular formula is C5H4N4. The third kappa shape index (κ3) is 0.739. The largest absolute Gasteiger partial charge is 0.355 e. The molecular weight excluding hydrogens is 116 g/mol. The smallest absolute Gasteiger partial charge is 0.180 e. The van der Waals surface area contributed by atoms with Gasteiger partial charge in [0.05, 0.1) is 5.70 Å². The van der Waals surface area contributed by atoms with Crippen molar-refractivity contribution in [2.45, 2.75) is 0 Å². The molecule has 1 N–H and O–H groups in total. The molecule has 0 saturated heterocycles. The average molecular weight is 120 g/mol. The van der Waals surface area contributed by atoms with Crippen LogP contribution in [0.2, 0.25) is 0 Å². The molecule has 1 aromatic rings. The summed E-state index contributed by atoms with van der Waals surface area (Å²) in [5.41, 5.74) is 0.984. The Morgan fingerprint density at radius 1 is 1.22 bits per heavy atom. The van der Waals surface area contributed by atoms with Gasteiger partial charge in [-0.2, -0.15) is 0 Å². The van der Waals surface area contributed by atoms with Gasteiger partial charge in [0.15, 0.2) is 5.82 Å². The number of hydrogen-bond donors (Lipinski definition) is 1. The summed E-state index contributed by atoms with van der Waals surface area (Å²) in [7, 11) is 0. The molecule has 0 bridgehead atoms. The molecule has 1 aromatic heterocycles. The fraction of sp³-hybridized carbons (Fsp3) is 0. The highest BCUT2D eigenvalue weighted by Gasteiger charge is 2.10. The first-order chi connectivity index (χ1) is 4.47. The lowest BCUT2D eigenvalue weighted by atomic mass is 10.6. The quantitative estimate of drug-likeness (QED) is 0.556. The van der Waals surface area contributed by atoms with Crippen molar-refractivity contribution in [1.82, 2.24) is 20.3 Å². The highest BCUT2D eigenvalue weighted by Crippen LogP contribution is 2.11. The van der Waals surface area contributed by atoms with E-state index in [-0.39, 0.29) is 0 Å². The van der Waals surface area contributed by atoms with E-state index in [1.165, 1.54) is 12.7 Å². The van der Waals surface area contributed by atoms with Crippen molar-refractivity contribution in [1.29, 1.82) is 0 Å². The fourth-order valence-electron chi connectivity index (χ4n) is 0.543. The van der Waals surface area contributed by atoms with Crippen molar-refractivity contribution in [3.8, 4) is 0 Å². The normalized spacial score (nSPS) is 14.0. The van der Waals surface area contributed by atoms with Gasteiger partial charge in [0.1, 0.15) is 12.7 Å². The molecule has 0 aromatic carbocycles. The molecule has 0 atom stereocenters. The van der Waals surface area contributed by atoms with Crippen LogP contribution < -0.4 is 5.32 Å². The van der Waals surface area contributed by atoms with Gasteiger partial charge in [-0.25, -0.2) is 15.0 Å². The number of aromatic nitrogens is 3. The predicted octanol–water partition coefficient (Wildman–Crippen LogP) is -0.227. The maximum atomic E-state index is 3.89. The second-order valence-electron chi connectivity index (χ2n) is 1.66. The van der Waals surface area contributed by atoms with Crippen molar-refractivity contribution in [3.63, 3.8) is 0 Å². The zero-order valence-electron chi connectivity index (χ0n) is 4.57. The first-order valence-electron chi connectivity index (χ1n) is 2.56. The summed E-state index contributed by atoms with van der Waals surface area (Å²) in [6.07, 6.45) is 4.79. The maximum absolute atomic E-state index is 3.89. The zero-order valence-corrected chi connectivity index (χ0v) is 4.57. The molecule has 4 heteroatoms. The van der Waals surface area contributed by atoms with Gasteiger partial charge in [-0.05, 0) is 0 Å². The van der Waals surface area contributed by atoms with Crippen LogP contribution in [-0.4, -0.2) is 15.0 Å². The molecule has 2 rings (SSSR count). The lowest BCUT2D eigenvalue weighted by Crippen LogP contribution is -1.91. The third-order valence-electron chi connectivity index (χ3n) is 1.02. The first kappa shape index (κ1) is 4.43. The average Bonchev–Trinajstić information content (AvgIpc) is 2.71. The van der Waals surface area contributed by atoms with Crippen LogP contribution in [0.15, 0.2) is 18.9 Å². The number of nitrogens with zero attached hydrogens (tertiary/aromatic N) is 3. The second kappa shape index (κ2) is 1.51. The van der Waals surface area contributed by atoms with Crippen molar-refractivity contribution in [2.75, 3.05) is 0 Å². The zero-order chi connectivity index (χ0) is 6.10. The van der Waals surface area contributed by atoms with E-state index in [2.05, 4.69) is 20.3 Å². The Balaban J connectivity index is 2.40. The topological polar surface area (TPSA) is 60.6 Å². The lowest BCUT2D eigenvalue weighted by molar-refractivity contribution is 1.01. The van der Waals surface area contributed by atoms with E-state index in [1.54, 1.807) is 0 Å². The molecule has 9 heavy (non-hydrogen) atoms. The summed E-state index contributed by atoms with van der Waals surface area (Å²) in [5.74, 6) is 0.713. The van der Waals surface area contributed by atoms with Crippen LogP contribution in [0.5, 0.6) is 0 Å². The van der Waals surface area contributed by atoms with Crippen LogP contribution in [0, 0.1) is 0 Å². The molecule has 44 valence electrons. The summed E-state index contributed by atoms with van der Waals surface area (Å²) in [6.45, 7) is 0. The van der Waals surface area contributed by atoms with Crippen LogP contribution in [0.4, 0.5) is 0 Å². The van der Waals surface area contributed by atoms with Crippen molar-refractivity contribution in [3.05, 3.63) is 24.7 Å². The molecule has 4 nitrogen and oxygen atoms in total. The van der Waals surface area contributed by atoms with E-state index in [1.807, 2.05) is 6.20 Å². The van der Waals surface area contributed by atoms with Gasteiger partial charge < -0.3 is 5.32 Å². The first-order valence-corrected chi connectivity index (χ1v) is 2.56. The van der Waals surface area contributed by atoms with Gasteiger partial charge in [0, 0.05) is 6.20 Å². The second-order valence-corrected chi connectivity index (χ2v) is 1.66. The molecule has 0 saturated carbocycles. The highest BCUT2D eigenvalue weighted by atomic mass is 15.1. The maximum Gasteiger partial charge on any atom is 0.180 e. The Morgan fingerprint density at radius 2 is 1.89 bits per heavy atom. The van der Waals surface area contributed by atoms with Crippen LogP contribution in [0.25, 0.3) is 5.70 Å². The van der Waals surface area contributed by atoms with E-state index >= 15 is 0 Å². The van der Waals surface area contributed by atoms with Crippen molar-refractivity contribution in [2.24, 2.45) is 0 Å². The van der Waals surface area contributed by atoms with Crippen molar-refractivity contribution >= 4 is 5.70 Å². The summed E-state index contributed by atoms with van der Waals surface area (Å²) in [6, 6.07) is 0. The van der Waals surface area contributed by atoms with E-state index in [9.17, 15) is 0 Å². The molecule has 0 spiro atoms. The fourth-order valence-corrected chi connectivity index (χ4v) is 0.543. The Kier molecular flexibility index (Phi) is 0.745. The van der Waals surface area contributed by atoms with Gasteiger partial charge in [-0.3, -0.25) is 0 Å². The Morgan fingerprint density at radius 3 is 2.44 bits per heavy atom. The standard InChI is InChI=1S/C5H4N4/c1-4(7-1)5-8-2-6-3-9-5/h1-3,7H. The van der Waals surface area contributed by atoms with Crippen LogP contribution in [0.1, 0.15) is 5.82 Å². The molecule has 0 unspecified atom stereocenters. The van der Waals surface area contributed by atoms with E-state index in [0.717, 1.165) is 5.70 Å². The minimum Gasteiger partial charge on any atom is -0.355 e. The van der Waals surface area contributed by atoms with Crippen molar-refractivity contribution < 1.29 is 0 Å². The number of rotatable bonds is 1. The van der Waals surface area contributed by atoms with E-state index in [4.69, 9.17) is 0 Å². The Labute approximate surface area is 51.7 Å². The molecule has 1 aliphatic heterocycles. The van der Waals surface area contributed by atoms with Crippen LogP contribution in [-0.2, 0) is 0 Å². The molecule has 0 amide bonds. The van der Waals surface area contributed by atoms with Gasteiger partial charge in [-0.1, -0.05) is 0 Å². The number of nitrogens with one attached hydrogen (secondary N) is 1. The molecule has 1 aliphatic rings. The van der Waals surface area contributed by atoms with Gasteiger partial charge in [-0.15, -0.1) is 0 Å². The SMILES string of the molecule is C1=C(c2ncncn2)N1. The van der Waals surface area contributed by atoms with E-state index < -0.39 is 0 Å². The van der Waals surface area contributed by atoms with Gasteiger partial charge in [0.2, 0.25) is 0 Å². The Hall–Kier alpha value is -1.45. The summed E-state index contributed by atoms with van der Waals surface area (Å²) >= 11 is 0. The molecule has 0 aliphatic carbocycles. The predicted molar refractivity (Wildman–Crippen MR) is 30.9 cm³/mol. The minimum atomic E-state index is 0.713. The number of hydrogen-bond acceptors (Lipinski definition) is 4. The minimum absolute atomic E-state index is 0.713. The lowest BCUT2D eigenvalue weighted by Gasteiger charge is -1.85.